The molecule has 2 aromatic carbocycles. The molecule has 0 radical (unpaired) electrons. The number of alkyl halides is 1. The summed E-state index contributed by atoms with van der Waals surface area (Å²) in [5.41, 5.74) is 8.93. The first-order chi connectivity index (χ1) is 18.6. The fourth-order valence-corrected chi connectivity index (χ4v) is 5.74. The van der Waals surface area contributed by atoms with Crippen molar-refractivity contribution >= 4 is 17.1 Å². The number of nitriles is 1. The summed E-state index contributed by atoms with van der Waals surface area (Å²) in [6, 6.07) is 20.6. The van der Waals surface area contributed by atoms with Crippen LogP contribution in [-0.4, -0.2) is 49.3 Å². The van der Waals surface area contributed by atoms with E-state index in [1.54, 1.807) is 6.20 Å². The van der Waals surface area contributed by atoms with E-state index in [2.05, 4.69) is 40.2 Å². The highest BCUT2D eigenvalue weighted by Crippen LogP contribution is 2.40. The molecule has 1 aliphatic heterocycles. The number of aryl methyl sites for hydroxylation is 1. The molecule has 1 saturated heterocycles. The molecule has 3 aromatic rings. The summed E-state index contributed by atoms with van der Waals surface area (Å²) in [7, 11) is 1.40. The van der Waals surface area contributed by atoms with Crippen LogP contribution >= 0.6 is 0 Å². The number of methoxy groups -OCH3 is 1. The first-order valence-electron chi connectivity index (χ1n) is 13.3. The number of fused-ring (bicyclic) bond motifs is 1. The Hall–Kier alpha value is -3.82. The number of halogens is 1. The molecule has 0 bridgehead atoms. The average Bonchev–Trinajstić information content (AvgIpc) is 3.13. The van der Waals surface area contributed by atoms with Crippen molar-refractivity contribution in [3.63, 3.8) is 0 Å². The van der Waals surface area contributed by atoms with Crippen molar-refractivity contribution in [2.24, 2.45) is 5.92 Å². The molecule has 0 atom stereocenters. The third-order valence-corrected chi connectivity index (χ3v) is 7.60. The smallest absolute Gasteiger partial charge is 0.337 e. The number of likely N-dealkylation sites (tertiary alicyclic amines) is 1. The Morgan fingerprint density at radius 2 is 1.92 bits per heavy atom. The van der Waals surface area contributed by atoms with Gasteiger partial charge in [0.1, 0.15) is 11.8 Å². The second-order valence-corrected chi connectivity index (χ2v) is 10.2. The van der Waals surface area contributed by atoms with E-state index in [-0.39, 0.29) is 12.6 Å². The molecular formula is C32H32FN3O2. The summed E-state index contributed by atoms with van der Waals surface area (Å²) >= 11 is 0. The standard InChI is InChI=1S/C32H32FN3O2/c1-38-32(37)27-10-11-30-25(17-27)4-2-5-29(26-12-14-35-28(18-26)19-34)31(30)24-8-6-22(7-9-24)16-23-20-36(21-23)15-3-13-33/h6-12,14,17-18,23H,2-5,13,15-16,20-21H2,1H3. The third-order valence-electron chi connectivity index (χ3n) is 7.60. The largest absolute Gasteiger partial charge is 0.465 e. The Morgan fingerprint density at radius 3 is 2.66 bits per heavy atom. The molecule has 38 heavy (non-hydrogen) atoms. The lowest BCUT2D eigenvalue weighted by atomic mass is 9.86. The van der Waals surface area contributed by atoms with Crippen LogP contribution in [0.4, 0.5) is 4.39 Å². The SMILES string of the molecule is COC(=O)c1ccc2c(c1)CCCC(c1ccnc(C#N)c1)=C2c1ccc(CC2CN(CCCF)C2)cc1. The van der Waals surface area contributed by atoms with E-state index in [0.29, 0.717) is 23.6 Å². The molecule has 0 spiro atoms. The molecule has 1 aliphatic carbocycles. The summed E-state index contributed by atoms with van der Waals surface area (Å²) in [5, 5.41) is 9.46. The van der Waals surface area contributed by atoms with Crippen molar-refractivity contribution in [2.45, 2.75) is 32.1 Å². The second kappa shape index (κ2) is 11.7. The van der Waals surface area contributed by atoms with E-state index in [9.17, 15) is 14.4 Å². The number of ether oxygens (including phenoxy) is 1. The molecule has 1 fully saturated rings. The van der Waals surface area contributed by atoms with E-state index in [1.807, 2.05) is 30.3 Å². The maximum atomic E-state index is 12.4. The third kappa shape index (κ3) is 5.54. The van der Waals surface area contributed by atoms with Gasteiger partial charge in [-0.25, -0.2) is 9.78 Å². The highest BCUT2D eigenvalue weighted by atomic mass is 19.1. The van der Waals surface area contributed by atoms with Gasteiger partial charge < -0.3 is 9.64 Å². The molecule has 5 rings (SSSR count). The summed E-state index contributed by atoms with van der Waals surface area (Å²) in [6.07, 6.45) is 5.97. The first kappa shape index (κ1) is 25.8. The van der Waals surface area contributed by atoms with Gasteiger partial charge >= 0.3 is 5.97 Å². The van der Waals surface area contributed by atoms with Crippen LogP contribution in [0, 0.1) is 17.2 Å². The topological polar surface area (TPSA) is 66.2 Å². The monoisotopic (exact) mass is 509 g/mol. The Morgan fingerprint density at radius 1 is 1.11 bits per heavy atom. The van der Waals surface area contributed by atoms with E-state index in [4.69, 9.17) is 4.74 Å². The van der Waals surface area contributed by atoms with Crippen LogP contribution < -0.4 is 0 Å². The van der Waals surface area contributed by atoms with Crippen LogP contribution in [0.25, 0.3) is 11.1 Å². The van der Waals surface area contributed by atoms with Crippen molar-refractivity contribution in [3.8, 4) is 6.07 Å². The minimum absolute atomic E-state index is 0.245. The molecule has 1 aromatic heterocycles. The minimum Gasteiger partial charge on any atom is -0.465 e. The van der Waals surface area contributed by atoms with E-state index in [0.717, 1.165) is 73.1 Å². The van der Waals surface area contributed by atoms with Gasteiger partial charge in [-0.15, -0.1) is 0 Å². The Kier molecular flexibility index (Phi) is 7.95. The number of carbonyl (C=O) groups excluding carboxylic acids is 1. The summed E-state index contributed by atoms with van der Waals surface area (Å²) in [5.74, 6) is 0.283. The van der Waals surface area contributed by atoms with Gasteiger partial charge in [0.25, 0.3) is 0 Å². The van der Waals surface area contributed by atoms with Gasteiger partial charge in [0.2, 0.25) is 0 Å². The molecule has 2 heterocycles. The van der Waals surface area contributed by atoms with Gasteiger partial charge in [0, 0.05) is 25.8 Å². The highest BCUT2D eigenvalue weighted by Gasteiger charge is 2.26. The van der Waals surface area contributed by atoms with Crippen molar-refractivity contribution < 1.29 is 13.9 Å². The van der Waals surface area contributed by atoms with Crippen molar-refractivity contribution in [2.75, 3.05) is 33.4 Å². The number of esters is 1. The Balaban J connectivity index is 1.50. The molecule has 6 heteroatoms. The van der Waals surface area contributed by atoms with Gasteiger partial charge in [-0.2, -0.15) is 5.26 Å². The number of benzene rings is 2. The first-order valence-corrected chi connectivity index (χ1v) is 13.3. The van der Waals surface area contributed by atoms with E-state index >= 15 is 0 Å². The lowest BCUT2D eigenvalue weighted by Gasteiger charge is -2.39. The molecule has 0 unspecified atom stereocenters. The van der Waals surface area contributed by atoms with Crippen LogP contribution in [0.1, 0.15) is 63.1 Å². The molecule has 5 nitrogen and oxygen atoms in total. The predicted molar refractivity (Wildman–Crippen MR) is 146 cm³/mol. The number of carbonyl (C=O) groups is 1. The zero-order valence-electron chi connectivity index (χ0n) is 21.8. The minimum atomic E-state index is -0.334. The van der Waals surface area contributed by atoms with Crippen molar-refractivity contribution in [3.05, 3.63) is 99.9 Å². The normalized spacial score (nSPS) is 15.8. The molecule has 194 valence electrons. The van der Waals surface area contributed by atoms with Gasteiger partial charge in [-0.05, 0) is 101 Å². The summed E-state index contributed by atoms with van der Waals surface area (Å²) in [4.78, 5) is 18.7. The zero-order chi connectivity index (χ0) is 26.5. The zero-order valence-corrected chi connectivity index (χ0v) is 21.8. The lowest BCUT2D eigenvalue weighted by molar-refractivity contribution is 0.0600. The summed E-state index contributed by atoms with van der Waals surface area (Å²) < 4.78 is 17.4. The maximum Gasteiger partial charge on any atom is 0.337 e. The fourth-order valence-electron chi connectivity index (χ4n) is 5.74. The predicted octanol–water partition coefficient (Wildman–Crippen LogP) is 5.87. The Labute approximate surface area is 223 Å². The van der Waals surface area contributed by atoms with Crippen LogP contribution in [0.3, 0.4) is 0 Å². The van der Waals surface area contributed by atoms with Gasteiger partial charge in [-0.1, -0.05) is 30.3 Å². The Bertz CT molecular complexity index is 1380. The van der Waals surface area contributed by atoms with Crippen LogP contribution in [0.5, 0.6) is 0 Å². The highest BCUT2D eigenvalue weighted by molar-refractivity contribution is 6.00. The molecule has 2 aliphatic rings. The van der Waals surface area contributed by atoms with Crippen molar-refractivity contribution in [1.82, 2.24) is 9.88 Å². The number of pyridine rings is 1. The maximum absolute atomic E-state index is 12.4. The number of aromatic nitrogens is 1. The summed E-state index contributed by atoms with van der Waals surface area (Å²) in [6.45, 7) is 2.68. The van der Waals surface area contributed by atoms with Crippen LogP contribution in [-0.2, 0) is 17.6 Å². The molecule has 0 saturated carbocycles. The number of hydrogen-bond acceptors (Lipinski definition) is 5. The second-order valence-electron chi connectivity index (χ2n) is 10.2. The van der Waals surface area contributed by atoms with Gasteiger partial charge in [0.15, 0.2) is 0 Å². The lowest BCUT2D eigenvalue weighted by Crippen LogP contribution is -2.47. The van der Waals surface area contributed by atoms with Gasteiger partial charge in [0.05, 0.1) is 19.3 Å². The van der Waals surface area contributed by atoms with E-state index < -0.39 is 0 Å². The van der Waals surface area contributed by atoms with Crippen molar-refractivity contribution in [1.29, 1.82) is 5.26 Å². The quantitative estimate of drug-likeness (QED) is 0.356. The van der Waals surface area contributed by atoms with E-state index in [1.165, 1.54) is 18.2 Å². The fraction of sp³-hybridized carbons (Fsp3) is 0.344. The van der Waals surface area contributed by atoms with Gasteiger partial charge in [-0.3, -0.25) is 4.39 Å². The molecular weight excluding hydrogens is 477 g/mol. The number of hydrogen-bond donors (Lipinski definition) is 0. The van der Waals surface area contributed by atoms with Crippen LogP contribution in [0.15, 0.2) is 60.8 Å². The molecule has 0 N–H and O–H groups in total. The number of rotatable bonds is 8. The average molecular weight is 510 g/mol. The number of allylic oxidation sites excluding steroid dienone is 1. The molecule has 0 amide bonds. The van der Waals surface area contributed by atoms with Crippen LogP contribution in [0.2, 0.25) is 0 Å². The number of nitrogens with zero attached hydrogens (tertiary/aromatic N) is 3.